The molecule has 1 N–H and O–H groups in total. The van der Waals surface area contributed by atoms with Gasteiger partial charge in [0.05, 0.1) is 42.3 Å². The smallest absolute Gasteiger partial charge is 0.337 e. The number of fused-ring (bicyclic) bond motifs is 2. The van der Waals surface area contributed by atoms with Crippen LogP contribution in [0.4, 0.5) is 0 Å². The molecule has 0 aliphatic carbocycles. The number of aliphatic hydroxyl groups excluding tert-OH is 1. The van der Waals surface area contributed by atoms with Gasteiger partial charge in [0.2, 0.25) is 5.76 Å². The molecule has 0 radical (unpaired) electrons. The van der Waals surface area contributed by atoms with Gasteiger partial charge >= 0.3 is 5.97 Å². The highest BCUT2D eigenvalue weighted by Gasteiger charge is 2.43. The summed E-state index contributed by atoms with van der Waals surface area (Å²) >= 11 is 0. The van der Waals surface area contributed by atoms with Gasteiger partial charge in [-0.2, -0.15) is 0 Å². The average Bonchev–Trinajstić information content (AvgIpc) is 3.15. The van der Waals surface area contributed by atoms with Gasteiger partial charge < -0.3 is 19.2 Å². The lowest BCUT2D eigenvalue weighted by atomic mass is 9.97. The number of benzene rings is 3. The molecule has 0 saturated heterocycles. The molecule has 170 valence electrons. The van der Waals surface area contributed by atoms with Crippen molar-refractivity contribution in [1.29, 1.82) is 0 Å². The molecule has 7 nitrogen and oxygen atoms in total. The van der Waals surface area contributed by atoms with Crippen LogP contribution in [0.15, 0.2) is 88.1 Å². The zero-order valence-electron chi connectivity index (χ0n) is 18.3. The fourth-order valence-corrected chi connectivity index (χ4v) is 4.39. The summed E-state index contributed by atoms with van der Waals surface area (Å²) in [5.74, 6) is -1.00. The van der Waals surface area contributed by atoms with Crippen LogP contribution in [0.2, 0.25) is 0 Å². The van der Waals surface area contributed by atoms with Crippen molar-refractivity contribution in [3.8, 4) is 0 Å². The second-order valence-corrected chi connectivity index (χ2v) is 8.07. The van der Waals surface area contributed by atoms with Crippen molar-refractivity contribution in [2.24, 2.45) is 0 Å². The topological polar surface area (TPSA) is 97.0 Å². The van der Waals surface area contributed by atoms with E-state index in [2.05, 4.69) is 0 Å². The first kappa shape index (κ1) is 21.6. The van der Waals surface area contributed by atoms with Gasteiger partial charge in [-0.05, 0) is 35.4 Å². The van der Waals surface area contributed by atoms with Crippen molar-refractivity contribution in [2.45, 2.75) is 12.1 Å². The number of β-amino-alcohol motifs (C(OH)–C–C–N with tert-alkyl or cyclic N) is 1. The number of para-hydroxylation sites is 1. The van der Waals surface area contributed by atoms with Gasteiger partial charge in [0.1, 0.15) is 5.58 Å². The number of rotatable bonds is 5. The van der Waals surface area contributed by atoms with E-state index in [0.717, 1.165) is 0 Å². The predicted octanol–water partition coefficient (Wildman–Crippen LogP) is 3.86. The fraction of sp³-hybridized carbons (Fsp3) is 0.148. The van der Waals surface area contributed by atoms with Gasteiger partial charge in [0.15, 0.2) is 5.43 Å². The maximum Gasteiger partial charge on any atom is 0.337 e. The van der Waals surface area contributed by atoms with Crippen molar-refractivity contribution in [1.82, 2.24) is 4.90 Å². The number of hydrogen-bond donors (Lipinski definition) is 1. The fourth-order valence-electron chi connectivity index (χ4n) is 4.39. The molecule has 0 spiro atoms. The summed E-state index contributed by atoms with van der Waals surface area (Å²) in [7, 11) is 1.30. The number of hydrogen-bond acceptors (Lipinski definition) is 6. The predicted molar refractivity (Wildman–Crippen MR) is 125 cm³/mol. The van der Waals surface area contributed by atoms with E-state index in [4.69, 9.17) is 9.15 Å². The van der Waals surface area contributed by atoms with Crippen LogP contribution in [0, 0.1) is 0 Å². The Bertz CT molecular complexity index is 1440. The van der Waals surface area contributed by atoms with E-state index in [1.807, 2.05) is 6.07 Å². The zero-order valence-corrected chi connectivity index (χ0v) is 18.3. The average molecular weight is 455 g/mol. The van der Waals surface area contributed by atoms with Gasteiger partial charge in [-0.15, -0.1) is 0 Å². The van der Waals surface area contributed by atoms with Crippen molar-refractivity contribution >= 4 is 22.8 Å². The second-order valence-electron chi connectivity index (χ2n) is 8.07. The summed E-state index contributed by atoms with van der Waals surface area (Å²) in [5.41, 5.74) is 1.85. The molecule has 1 amide bonds. The van der Waals surface area contributed by atoms with Crippen LogP contribution >= 0.6 is 0 Å². The number of amides is 1. The van der Waals surface area contributed by atoms with E-state index in [1.165, 1.54) is 12.0 Å². The molecule has 7 heteroatoms. The minimum Gasteiger partial charge on any atom is -0.465 e. The minimum atomic E-state index is -0.971. The molecule has 2 atom stereocenters. The Balaban J connectivity index is 1.64. The first-order valence-electron chi connectivity index (χ1n) is 10.8. The third-order valence-electron chi connectivity index (χ3n) is 6.07. The summed E-state index contributed by atoms with van der Waals surface area (Å²) < 4.78 is 10.7. The molecule has 1 aliphatic rings. The molecule has 2 heterocycles. The third-order valence-corrected chi connectivity index (χ3v) is 6.07. The lowest BCUT2D eigenvalue weighted by molar-refractivity contribution is 0.0579. The molecule has 4 aromatic rings. The van der Waals surface area contributed by atoms with Crippen molar-refractivity contribution in [3.63, 3.8) is 0 Å². The van der Waals surface area contributed by atoms with Gasteiger partial charge in [0.25, 0.3) is 5.91 Å². The number of ether oxygens (including phenoxy) is 1. The zero-order chi connectivity index (χ0) is 23.8. The van der Waals surface area contributed by atoms with Crippen LogP contribution < -0.4 is 5.43 Å². The molecular weight excluding hydrogens is 434 g/mol. The number of carbonyl (C=O) groups is 2. The number of aliphatic hydroxyl groups is 1. The lowest BCUT2D eigenvalue weighted by Crippen LogP contribution is -2.33. The quantitative estimate of drug-likeness (QED) is 0.459. The Labute approximate surface area is 194 Å². The molecule has 0 saturated carbocycles. The summed E-state index contributed by atoms with van der Waals surface area (Å²) in [6.45, 7) is -0.0494. The van der Waals surface area contributed by atoms with Crippen LogP contribution in [0.1, 0.15) is 49.7 Å². The maximum atomic E-state index is 13.5. The Kier molecular flexibility index (Phi) is 5.47. The first-order chi connectivity index (χ1) is 16.5. The summed E-state index contributed by atoms with van der Waals surface area (Å²) in [5, 5.41) is 11.3. The highest BCUT2D eigenvalue weighted by Crippen LogP contribution is 2.39. The second kappa shape index (κ2) is 8.61. The van der Waals surface area contributed by atoms with E-state index in [9.17, 15) is 19.5 Å². The molecular formula is C27H21NO6. The third kappa shape index (κ3) is 3.56. The molecule has 0 fully saturated rings. The van der Waals surface area contributed by atoms with E-state index in [0.29, 0.717) is 27.7 Å². The van der Waals surface area contributed by atoms with Gasteiger partial charge in [-0.3, -0.25) is 9.59 Å². The Hall–Kier alpha value is -4.23. The van der Waals surface area contributed by atoms with Crippen LogP contribution in [0.5, 0.6) is 0 Å². The molecule has 0 unspecified atom stereocenters. The molecule has 3 aromatic carbocycles. The molecule has 0 bridgehead atoms. The normalized spacial score (nSPS) is 15.9. The van der Waals surface area contributed by atoms with Crippen molar-refractivity contribution in [3.05, 3.63) is 117 Å². The highest BCUT2D eigenvalue weighted by atomic mass is 16.5. The van der Waals surface area contributed by atoms with Gasteiger partial charge in [-0.1, -0.05) is 54.6 Å². The van der Waals surface area contributed by atoms with Crippen LogP contribution in [0.25, 0.3) is 11.0 Å². The first-order valence-corrected chi connectivity index (χ1v) is 10.8. The molecule has 5 rings (SSSR count). The Morgan fingerprint density at radius 2 is 1.68 bits per heavy atom. The van der Waals surface area contributed by atoms with Gasteiger partial charge in [0, 0.05) is 0 Å². The lowest BCUT2D eigenvalue weighted by Gasteiger charge is -2.27. The highest BCUT2D eigenvalue weighted by molar-refractivity contribution is 5.99. The van der Waals surface area contributed by atoms with E-state index < -0.39 is 24.0 Å². The number of nitrogens with zero attached hydrogens (tertiary/aromatic N) is 1. The monoisotopic (exact) mass is 455 g/mol. The van der Waals surface area contributed by atoms with Crippen LogP contribution in [-0.2, 0) is 4.74 Å². The van der Waals surface area contributed by atoms with Crippen molar-refractivity contribution in [2.75, 3.05) is 13.7 Å². The molecule has 34 heavy (non-hydrogen) atoms. The number of esters is 1. The molecule has 1 aromatic heterocycles. The summed E-state index contributed by atoms with van der Waals surface area (Å²) in [6.07, 6.45) is -0.971. The number of methoxy groups -OCH3 is 1. The van der Waals surface area contributed by atoms with Crippen molar-refractivity contribution < 1.29 is 23.8 Å². The van der Waals surface area contributed by atoms with Gasteiger partial charge in [-0.25, -0.2) is 4.79 Å². The minimum absolute atomic E-state index is 0.0361. The van der Waals surface area contributed by atoms with Crippen LogP contribution in [-0.4, -0.2) is 35.5 Å². The summed E-state index contributed by atoms with van der Waals surface area (Å²) in [6, 6.07) is 21.5. The summed E-state index contributed by atoms with van der Waals surface area (Å²) in [4.78, 5) is 40.3. The van der Waals surface area contributed by atoms with E-state index in [-0.39, 0.29) is 23.3 Å². The Morgan fingerprint density at radius 3 is 2.38 bits per heavy atom. The maximum absolute atomic E-state index is 13.5. The standard InChI is InChI=1S/C27H21NO6/c1-33-27(32)18-13-11-17(12-14-18)23-22-24(30)19-9-5-6-10-21(19)34-25(22)26(31)28(23)15-20(29)16-7-3-2-4-8-16/h2-14,20,23,29H,15H2,1H3/t20-,23+/m1/s1. The van der Waals surface area contributed by atoms with E-state index >= 15 is 0 Å². The largest absolute Gasteiger partial charge is 0.465 e. The van der Waals surface area contributed by atoms with Crippen LogP contribution in [0.3, 0.4) is 0 Å². The molecule has 1 aliphatic heterocycles. The number of carbonyl (C=O) groups excluding carboxylic acids is 2. The SMILES string of the molecule is COC(=O)c1ccc([C@H]2c3c(oc4ccccc4c3=O)C(=O)N2C[C@@H](O)c2ccccc2)cc1. The van der Waals surface area contributed by atoms with E-state index in [1.54, 1.807) is 72.8 Å². The Morgan fingerprint density at radius 1 is 1.00 bits per heavy atom.